The van der Waals surface area contributed by atoms with E-state index < -0.39 is 29.6 Å². The average Bonchev–Trinajstić information content (AvgIpc) is 2.65. The van der Waals surface area contributed by atoms with Gasteiger partial charge in [-0.2, -0.15) is 5.26 Å². The number of anilines is 1. The molecule has 1 aromatic carbocycles. The van der Waals surface area contributed by atoms with Gasteiger partial charge in [0.1, 0.15) is 12.6 Å². The van der Waals surface area contributed by atoms with Gasteiger partial charge in [0.05, 0.1) is 18.3 Å². The summed E-state index contributed by atoms with van der Waals surface area (Å²) in [6.07, 6.45) is 1.45. The van der Waals surface area contributed by atoms with Gasteiger partial charge in [0.25, 0.3) is 0 Å². The number of aryl methyl sites for hydroxylation is 1. The van der Waals surface area contributed by atoms with E-state index in [1.165, 1.54) is 12.3 Å². The van der Waals surface area contributed by atoms with Gasteiger partial charge in [-0.05, 0) is 26.0 Å². The van der Waals surface area contributed by atoms with Crippen LogP contribution in [0, 0.1) is 29.9 Å². The van der Waals surface area contributed by atoms with Crippen molar-refractivity contribution in [2.45, 2.75) is 26.4 Å². The van der Waals surface area contributed by atoms with Crippen LogP contribution in [0.4, 0.5) is 19.3 Å². The molecule has 10 heteroatoms. The van der Waals surface area contributed by atoms with Crippen LogP contribution in [0.2, 0.25) is 0 Å². The zero-order valence-electron chi connectivity index (χ0n) is 15.1. The lowest BCUT2D eigenvalue weighted by molar-refractivity contribution is -0.122. The minimum Gasteiger partial charge on any atom is -0.348 e. The van der Waals surface area contributed by atoms with Gasteiger partial charge in [-0.3, -0.25) is 4.79 Å². The predicted molar refractivity (Wildman–Crippen MR) is 93.8 cm³/mol. The van der Waals surface area contributed by atoms with E-state index in [0.717, 1.165) is 11.0 Å². The van der Waals surface area contributed by atoms with Gasteiger partial charge < -0.3 is 15.5 Å². The summed E-state index contributed by atoms with van der Waals surface area (Å²) in [5, 5.41) is 14.0. The van der Waals surface area contributed by atoms with Crippen LogP contribution in [0.15, 0.2) is 18.3 Å². The molecule has 0 radical (unpaired) electrons. The Morgan fingerprint density at radius 2 is 2.21 bits per heavy atom. The molecule has 2 heterocycles. The summed E-state index contributed by atoms with van der Waals surface area (Å²) < 4.78 is 27.4. The second kappa shape index (κ2) is 7.56. The predicted octanol–water partition coefficient (Wildman–Crippen LogP) is 2.16. The standard InChI is InChI=1S/C18H16F2N6O2/c1-9-11(6-22-15(5-21)23-9)10(2)24-16(27)8-26-7-12-14(25-18(26)28)4-3-13(19)17(12)20/h3-4,6,10H,7-8H2,1-2H3,(H,24,27)(H,25,28)/t10-/m0/s1. The van der Waals surface area contributed by atoms with Crippen LogP contribution in [0.25, 0.3) is 0 Å². The van der Waals surface area contributed by atoms with E-state index in [4.69, 9.17) is 5.26 Å². The highest BCUT2D eigenvalue weighted by molar-refractivity contribution is 5.94. The first-order valence-corrected chi connectivity index (χ1v) is 8.36. The highest BCUT2D eigenvalue weighted by atomic mass is 19.2. The number of nitriles is 1. The molecule has 0 fully saturated rings. The lowest BCUT2D eigenvalue weighted by Crippen LogP contribution is -2.45. The van der Waals surface area contributed by atoms with Crippen molar-refractivity contribution in [3.8, 4) is 6.07 Å². The number of urea groups is 1. The summed E-state index contributed by atoms with van der Waals surface area (Å²) in [5.41, 5.74) is 1.33. The van der Waals surface area contributed by atoms with E-state index in [-0.39, 0.29) is 30.2 Å². The normalized spacial score (nSPS) is 14.0. The zero-order chi connectivity index (χ0) is 20.4. The molecule has 3 amide bonds. The Hall–Kier alpha value is -3.61. The maximum Gasteiger partial charge on any atom is 0.322 e. The van der Waals surface area contributed by atoms with Crippen molar-refractivity contribution in [3.05, 3.63) is 52.6 Å². The van der Waals surface area contributed by atoms with E-state index >= 15 is 0 Å². The van der Waals surface area contributed by atoms with E-state index in [1.807, 2.05) is 6.07 Å². The quantitative estimate of drug-likeness (QED) is 0.837. The Kier molecular flexibility index (Phi) is 5.17. The fraction of sp³-hybridized carbons (Fsp3) is 0.278. The van der Waals surface area contributed by atoms with Crippen LogP contribution in [-0.4, -0.2) is 33.4 Å². The molecule has 144 valence electrons. The summed E-state index contributed by atoms with van der Waals surface area (Å²) in [7, 11) is 0. The third-order valence-corrected chi connectivity index (χ3v) is 4.37. The molecule has 0 bridgehead atoms. The van der Waals surface area contributed by atoms with Gasteiger partial charge in [-0.25, -0.2) is 23.5 Å². The summed E-state index contributed by atoms with van der Waals surface area (Å²) in [6.45, 7) is 2.82. The molecule has 0 saturated carbocycles. The molecule has 2 N–H and O–H groups in total. The van der Waals surface area contributed by atoms with Gasteiger partial charge in [0.15, 0.2) is 11.6 Å². The van der Waals surface area contributed by atoms with Crippen molar-refractivity contribution >= 4 is 17.6 Å². The number of aromatic nitrogens is 2. The van der Waals surface area contributed by atoms with Crippen LogP contribution in [-0.2, 0) is 11.3 Å². The molecule has 0 aliphatic carbocycles. The molecule has 28 heavy (non-hydrogen) atoms. The van der Waals surface area contributed by atoms with Crippen LogP contribution in [0.3, 0.4) is 0 Å². The second-order valence-electron chi connectivity index (χ2n) is 6.31. The average molecular weight is 386 g/mol. The Morgan fingerprint density at radius 3 is 2.89 bits per heavy atom. The molecule has 1 aliphatic rings. The number of amides is 3. The number of hydrogen-bond acceptors (Lipinski definition) is 5. The number of halogens is 2. The van der Waals surface area contributed by atoms with E-state index in [1.54, 1.807) is 13.8 Å². The molecule has 3 rings (SSSR count). The first-order valence-electron chi connectivity index (χ1n) is 8.36. The number of carbonyl (C=O) groups excluding carboxylic acids is 2. The van der Waals surface area contributed by atoms with Crippen LogP contribution in [0.5, 0.6) is 0 Å². The lowest BCUT2D eigenvalue weighted by atomic mass is 10.1. The van der Waals surface area contributed by atoms with Crippen molar-refractivity contribution < 1.29 is 18.4 Å². The highest BCUT2D eigenvalue weighted by Crippen LogP contribution is 2.27. The van der Waals surface area contributed by atoms with Crippen molar-refractivity contribution in [1.82, 2.24) is 20.2 Å². The van der Waals surface area contributed by atoms with Gasteiger partial charge in [-0.15, -0.1) is 0 Å². The monoisotopic (exact) mass is 386 g/mol. The van der Waals surface area contributed by atoms with Crippen molar-refractivity contribution in [2.75, 3.05) is 11.9 Å². The fourth-order valence-electron chi connectivity index (χ4n) is 2.94. The Morgan fingerprint density at radius 1 is 1.46 bits per heavy atom. The molecule has 0 unspecified atom stereocenters. The van der Waals surface area contributed by atoms with Crippen molar-refractivity contribution in [2.24, 2.45) is 0 Å². The molecule has 1 aromatic heterocycles. The summed E-state index contributed by atoms with van der Waals surface area (Å²) in [5.74, 6) is -2.55. The minimum atomic E-state index is -1.05. The third kappa shape index (κ3) is 3.73. The highest BCUT2D eigenvalue weighted by Gasteiger charge is 2.28. The number of carbonyl (C=O) groups is 2. The van der Waals surface area contributed by atoms with Gasteiger partial charge >= 0.3 is 6.03 Å². The molecule has 0 spiro atoms. The maximum atomic E-state index is 14.0. The smallest absolute Gasteiger partial charge is 0.322 e. The first-order chi connectivity index (χ1) is 13.3. The van der Waals surface area contributed by atoms with E-state index in [0.29, 0.717) is 11.3 Å². The minimum absolute atomic E-state index is 0.0169. The molecular weight excluding hydrogens is 370 g/mol. The number of benzene rings is 1. The number of hydrogen-bond donors (Lipinski definition) is 2. The van der Waals surface area contributed by atoms with Gasteiger partial charge in [0, 0.05) is 23.0 Å². The van der Waals surface area contributed by atoms with Crippen molar-refractivity contribution in [3.63, 3.8) is 0 Å². The summed E-state index contributed by atoms with van der Waals surface area (Å²) in [6, 6.07) is 2.98. The molecule has 0 saturated heterocycles. The molecular formula is C18H16F2N6O2. The first kappa shape index (κ1) is 19.2. The lowest BCUT2D eigenvalue weighted by Gasteiger charge is -2.29. The molecule has 1 atom stereocenters. The third-order valence-electron chi connectivity index (χ3n) is 4.37. The SMILES string of the molecule is Cc1nc(C#N)ncc1[C@H](C)NC(=O)CN1Cc2c(ccc(F)c2F)NC1=O. The largest absolute Gasteiger partial charge is 0.348 e. The Labute approximate surface area is 159 Å². The number of fused-ring (bicyclic) bond motifs is 1. The van der Waals surface area contributed by atoms with Crippen LogP contribution in [0.1, 0.15) is 35.6 Å². The van der Waals surface area contributed by atoms with E-state index in [2.05, 4.69) is 20.6 Å². The Bertz CT molecular complexity index is 1000. The number of nitrogens with one attached hydrogen (secondary N) is 2. The topological polar surface area (TPSA) is 111 Å². The van der Waals surface area contributed by atoms with Gasteiger partial charge in [0.2, 0.25) is 11.7 Å². The van der Waals surface area contributed by atoms with Crippen LogP contribution < -0.4 is 10.6 Å². The second-order valence-corrected chi connectivity index (χ2v) is 6.31. The van der Waals surface area contributed by atoms with Crippen molar-refractivity contribution in [1.29, 1.82) is 5.26 Å². The molecule has 8 nitrogen and oxygen atoms in total. The number of nitrogens with zero attached hydrogens (tertiary/aromatic N) is 4. The van der Waals surface area contributed by atoms with E-state index in [9.17, 15) is 18.4 Å². The summed E-state index contributed by atoms with van der Waals surface area (Å²) >= 11 is 0. The maximum absolute atomic E-state index is 14.0. The Balaban J connectivity index is 1.68. The molecule has 1 aliphatic heterocycles. The number of rotatable bonds is 4. The summed E-state index contributed by atoms with van der Waals surface area (Å²) in [4.78, 5) is 33.5. The molecule has 2 aromatic rings. The van der Waals surface area contributed by atoms with Gasteiger partial charge in [-0.1, -0.05) is 0 Å². The fourth-order valence-corrected chi connectivity index (χ4v) is 2.94. The zero-order valence-corrected chi connectivity index (χ0v) is 15.1. The van der Waals surface area contributed by atoms with Crippen LogP contribution >= 0.6 is 0 Å².